The van der Waals surface area contributed by atoms with Crippen molar-refractivity contribution in [2.75, 3.05) is 0 Å². The standard InChI is InChI=1S/C26H21N4O2S3.2BrH/c31-22(25-5-2-10-33-25)12-19-14-27-8-7-24(19)35-17-20-13-21(29-28-20)18-4-1-9-30(15-18)16-23(32)26-6-3-11-34-26;;/h1-11,13-15H,12,16-17H2,(H,28,29);2*1H/q+1;;/p-1. The second kappa shape index (κ2) is 13.9. The molecule has 0 spiro atoms. The van der Waals surface area contributed by atoms with E-state index in [2.05, 4.69) is 15.2 Å². The van der Waals surface area contributed by atoms with E-state index in [0.717, 1.165) is 37.2 Å². The van der Waals surface area contributed by atoms with Crippen LogP contribution in [0.2, 0.25) is 0 Å². The van der Waals surface area contributed by atoms with Gasteiger partial charge in [0.15, 0.2) is 30.6 Å². The number of pyridine rings is 2. The van der Waals surface area contributed by atoms with Gasteiger partial charge in [0, 0.05) is 40.5 Å². The van der Waals surface area contributed by atoms with Crippen LogP contribution in [0.3, 0.4) is 0 Å². The van der Waals surface area contributed by atoms with Crippen molar-refractivity contribution in [3.8, 4) is 11.3 Å². The highest BCUT2D eigenvalue weighted by Crippen LogP contribution is 2.27. The molecule has 0 aliphatic carbocycles. The quantitative estimate of drug-likeness (QED) is 0.116. The van der Waals surface area contributed by atoms with Gasteiger partial charge < -0.3 is 34.0 Å². The third-order valence-corrected chi connectivity index (χ3v) is 8.33. The number of H-pyrrole nitrogens is 2. The lowest BCUT2D eigenvalue weighted by Crippen LogP contribution is -3.00. The number of hydrogen-bond acceptors (Lipinski definition) is 6. The van der Waals surface area contributed by atoms with Crippen molar-refractivity contribution >= 4 is 46.0 Å². The molecule has 11 heteroatoms. The summed E-state index contributed by atoms with van der Waals surface area (Å²) in [6, 6.07) is 15.4. The SMILES string of the molecule is O=C(Cc1c[nH+]ccc1SCc1cc(-c2ccc[n+](CC(=O)c3cccs3)c2)n[nH]1)c1cccs1.[Br-].[Br-]. The number of thioether (sulfide) groups is 1. The first kappa shape index (κ1) is 29.1. The highest BCUT2D eigenvalue weighted by atomic mass is 79.9. The number of Topliss-reactive ketones (excluding diaryl/α,β-unsaturated/α-hetero) is 2. The number of aromatic nitrogens is 4. The molecule has 5 rings (SSSR count). The van der Waals surface area contributed by atoms with Crippen molar-refractivity contribution in [2.45, 2.75) is 23.6 Å². The molecule has 0 amide bonds. The van der Waals surface area contributed by atoms with E-state index in [9.17, 15) is 9.59 Å². The van der Waals surface area contributed by atoms with Crippen LogP contribution >= 0.6 is 34.4 Å². The highest BCUT2D eigenvalue weighted by molar-refractivity contribution is 7.98. The maximum absolute atomic E-state index is 12.6. The maximum Gasteiger partial charge on any atom is 0.237 e. The van der Waals surface area contributed by atoms with Crippen LogP contribution in [0, 0.1) is 0 Å². The molecule has 2 N–H and O–H groups in total. The van der Waals surface area contributed by atoms with Gasteiger partial charge in [0.05, 0.1) is 21.0 Å². The molecular formula is C26H22Br2N4O2S3. The summed E-state index contributed by atoms with van der Waals surface area (Å²) >= 11 is 4.60. The topological polar surface area (TPSA) is 80.8 Å². The van der Waals surface area contributed by atoms with Crippen LogP contribution in [0.15, 0.2) is 89.0 Å². The Bertz CT molecular complexity index is 1450. The van der Waals surface area contributed by atoms with Gasteiger partial charge in [0.25, 0.3) is 0 Å². The molecule has 0 atom stereocenters. The predicted octanol–water partition coefficient (Wildman–Crippen LogP) is -1.09. The zero-order valence-electron chi connectivity index (χ0n) is 19.4. The predicted molar refractivity (Wildman–Crippen MR) is 138 cm³/mol. The van der Waals surface area contributed by atoms with Gasteiger partial charge in [-0.2, -0.15) is 9.67 Å². The first-order valence-electron chi connectivity index (χ1n) is 10.9. The molecule has 0 bridgehead atoms. The number of rotatable bonds is 10. The number of carbonyl (C=O) groups excluding carboxylic acids is 2. The van der Waals surface area contributed by atoms with E-state index in [4.69, 9.17) is 0 Å². The van der Waals surface area contributed by atoms with Gasteiger partial charge in [0.2, 0.25) is 12.3 Å². The van der Waals surface area contributed by atoms with Crippen molar-refractivity contribution in [1.29, 1.82) is 0 Å². The molecule has 0 radical (unpaired) electrons. The van der Waals surface area contributed by atoms with E-state index >= 15 is 0 Å². The van der Waals surface area contributed by atoms with Gasteiger partial charge in [-0.15, -0.1) is 34.4 Å². The summed E-state index contributed by atoms with van der Waals surface area (Å²) in [5.74, 6) is 0.913. The van der Waals surface area contributed by atoms with Crippen LogP contribution in [0.25, 0.3) is 11.3 Å². The number of nitrogens with zero attached hydrogens (tertiary/aromatic N) is 2. The normalized spacial score (nSPS) is 10.4. The minimum absolute atomic E-state index is 0. The summed E-state index contributed by atoms with van der Waals surface area (Å²) in [7, 11) is 0. The second-order valence-electron chi connectivity index (χ2n) is 7.84. The highest BCUT2D eigenvalue weighted by Gasteiger charge is 2.16. The van der Waals surface area contributed by atoms with E-state index < -0.39 is 0 Å². The summed E-state index contributed by atoms with van der Waals surface area (Å²) in [6.07, 6.45) is 7.97. The van der Waals surface area contributed by atoms with Gasteiger partial charge in [0.1, 0.15) is 0 Å². The molecule has 0 aliphatic heterocycles. The monoisotopic (exact) mass is 676 g/mol. The third-order valence-electron chi connectivity index (χ3n) is 5.34. The van der Waals surface area contributed by atoms with Crippen molar-refractivity contribution < 1.29 is 53.1 Å². The molecule has 190 valence electrons. The number of halogens is 2. The van der Waals surface area contributed by atoms with Gasteiger partial charge in [-0.3, -0.25) is 14.7 Å². The average Bonchev–Trinajstić information content (AvgIpc) is 3.66. The minimum Gasteiger partial charge on any atom is -1.00 e. The molecule has 5 aromatic rings. The number of thiophene rings is 2. The Balaban J connectivity index is 0.00000190. The van der Waals surface area contributed by atoms with E-state index in [1.54, 1.807) is 11.8 Å². The Morgan fingerprint density at radius 3 is 2.49 bits per heavy atom. The van der Waals surface area contributed by atoms with Crippen molar-refractivity contribution in [1.82, 2.24) is 10.2 Å². The fraction of sp³-hybridized carbons (Fsp3) is 0.115. The lowest BCUT2D eigenvalue weighted by molar-refractivity contribution is -0.682. The van der Waals surface area contributed by atoms with E-state index in [1.807, 2.05) is 88.6 Å². The molecule has 0 saturated carbocycles. The van der Waals surface area contributed by atoms with Crippen LogP contribution in [0.1, 0.15) is 30.6 Å². The Hall–Kier alpha value is -2.44. The maximum atomic E-state index is 12.6. The Morgan fingerprint density at radius 1 is 1.00 bits per heavy atom. The number of hydrogen-bond donors (Lipinski definition) is 1. The number of aromatic amines is 2. The smallest absolute Gasteiger partial charge is 0.237 e. The number of carbonyl (C=O) groups is 2. The molecule has 6 nitrogen and oxygen atoms in total. The fourth-order valence-corrected chi connectivity index (χ4v) is 5.88. The third kappa shape index (κ3) is 7.55. The average molecular weight is 678 g/mol. The van der Waals surface area contributed by atoms with Gasteiger partial charge in [-0.1, -0.05) is 12.1 Å². The van der Waals surface area contributed by atoms with E-state index in [0.29, 0.717) is 18.7 Å². The zero-order valence-corrected chi connectivity index (χ0v) is 25.0. The Kier molecular flexibility index (Phi) is 11.0. The molecule has 0 aliphatic rings. The largest absolute Gasteiger partial charge is 1.00 e. The molecule has 0 saturated heterocycles. The molecule has 0 aromatic carbocycles. The molecule has 37 heavy (non-hydrogen) atoms. The molecule has 0 unspecified atom stereocenters. The van der Waals surface area contributed by atoms with Crippen LogP contribution in [-0.4, -0.2) is 21.8 Å². The van der Waals surface area contributed by atoms with Crippen LogP contribution in [-0.2, 0) is 18.7 Å². The molecular weight excluding hydrogens is 656 g/mol. The first-order valence-corrected chi connectivity index (χ1v) is 13.7. The van der Waals surface area contributed by atoms with Crippen molar-refractivity contribution in [2.24, 2.45) is 0 Å². The van der Waals surface area contributed by atoms with Crippen molar-refractivity contribution in [3.63, 3.8) is 0 Å². The first-order chi connectivity index (χ1) is 17.2. The Labute approximate surface area is 247 Å². The lowest BCUT2D eigenvalue weighted by atomic mass is 10.1. The summed E-state index contributed by atoms with van der Waals surface area (Å²) in [4.78, 5) is 30.7. The summed E-state index contributed by atoms with van der Waals surface area (Å²) in [5.41, 5.74) is 3.73. The second-order valence-corrected chi connectivity index (χ2v) is 10.8. The fourth-order valence-electron chi connectivity index (χ4n) is 3.62. The summed E-state index contributed by atoms with van der Waals surface area (Å²) < 4.78 is 1.89. The molecule has 5 aromatic heterocycles. The lowest BCUT2D eigenvalue weighted by Gasteiger charge is -2.04. The minimum atomic E-state index is 0. The van der Waals surface area contributed by atoms with Crippen LogP contribution in [0.4, 0.5) is 0 Å². The number of ketones is 2. The zero-order chi connectivity index (χ0) is 24.0. The van der Waals surface area contributed by atoms with E-state index in [-0.39, 0.29) is 45.5 Å². The van der Waals surface area contributed by atoms with Crippen LogP contribution < -0.4 is 43.5 Å². The summed E-state index contributed by atoms with van der Waals surface area (Å²) in [6.45, 7) is 0.291. The number of nitrogens with one attached hydrogen (secondary N) is 2. The van der Waals surface area contributed by atoms with Gasteiger partial charge >= 0.3 is 0 Å². The molecule has 0 fully saturated rings. The van der Waals surface area contributed by atoms with Gasteiger partial charge in [-0.05, 0) is 35.0 Å². The Morgan fingerprint density at radius 2 is 1.76 bits per heavy atom. The molecule has 5 heterocycles. The van der Waals surface area contributed by atoms with E-state index in [1.165, 1.54) is 22.7 Å². The van der Waals surface area contributed by atoms with Crippen molar-refractivity contribution in [3.05, 3.63) is 105 Å². The van der Waals surface area contributed by atoms with Gasteiger partial charge in [-0.25, -0.2) is 4.98 Å². The van der Waals surface area contributed by atoms with Crippen LogP contribution in [0.5, 0.6) is 0 Å². The summed E-state index contributed by atoms with van der Waals surface area (Å²) in [5, 5.41) is 11.4.